The number of hydrogen-bond donors (Lipinski definition) is 6. The highest BCUT2D eigenvalue weighted by molar-refractivity contribution is 7.79. The molecule has 0 bridgehead atoms. The zero-order valence-electron chi connectivity index (χ0n) is 11.0. The second-order valence-corrected chi connectivity index (χ2v) is 5.02. The van der Waals surface area contributed by atoms with Crippen LogP contribution in [0.15, 0.2) is 18.2 Å². The smallest absolute Gasteiger partial charge is 0.116 e. The van der Waals surface area contributed by atoms with Crippen molar-refractivity contribution in [3.63, 3.8) is 0 Å². The summed E-state index contributed by atoms with van der Waals surface area (Å²) in [7, 11) is 0. The Balaban J connectivity index is 2.39. The van der Waals surface area contributed by atoms with Gasteiger partial charge >= 0.3 is 0 Å². The minimum atomic E-state index is -1.48. The second kappa shape index (κ2) is 6.65. The summed E-state index contributed by atoms with van der Waals surface area (Å²) in [6.45, 7) is -0.518. The minimum Gasteiger partial charge on any atom is -0.508 e. The van der Waals surface area contributed by atoms with Crippen molar-refractivity contribution in [3.05, 3.63) is 23.8 Å². The van der Waals surface area contributed by atoms with Crippen LogP contribution in [0.4, 0.5) is 5.69 Å². The lowest BCUT2D eigenvalue weighted by Gasteiger charge is -2.40. The number of aliphatic hydroxyl groups is 4. The maximum Gasteiger partial charge on any atom is 0.116 e. The maximum atomic E-state index is 10.1. The molecule has 0 amide bonds. The predicted molar refractivity (Wildman–Crippen MR) is 78.1 cm³/mol. The number of nitrogens with one attached hydrogen (secondary N) is 1. The normalized spacial score (nSPS) is 32.7. The largest absolute Gasteiger partial charge is 0.508 e. The Bertz CT molecular complexity index is 511. The topological polar surface area (TPSA) is 122 Å². The van der Waals surface area contributed by atoms with E-state index in [2.05, 4.69) is 5.32 Å². The van der Waals surface area contributed by atoms with Gasteiger partial charge < -0.3 is 35.6 Å². The summed E-state index contributed by atoms with van der Waals surface area (Å²) in [4.78, 5) is 0. The molecule has 0 spiro atoms. The summed E-state index contributed by atoms with van der Waals surface area (Å²) in [5.74, 6) is -0.0584. The van der Waals surface area contributed by atoms with Gasteiger partial charge in [-0.2, -0.15) is 0 Å². The molecule has 1 fully saturated rings. The number of hydrogen-bond acceptors (Lipinski definition) is 7. The van der Waals surface area contributed by atoms with Gasteiger partial charge in [0.1, 0.15) is 36.3 Å². The average Bonchev–Trinajstić information content (AvgIpc) is 2.47. The molecule has 0 saturated carbocycles. The lowest BCUT2D eigenvalue weighted by molar-refractivity contribution is -0.231. The molecular weight excluding hydrogens is 298 g/mol. The van der Waals surface area contributed by atoms with Crippen LogP contribution >= 0.6 is 12.2 Å². The highest BCUT2D eigenvalue weighted by atomic mass is 32.1. The van der Waals surface area contributed by atoms with Crippen LogP contribution in [0.5, 0.6) is 5.75 Å². The van der Waals surface area contributed by atoms with Crippen LogP contribution in [0.25, 0.3) is 0 Å². The van der Waals surface area contributed by atoms with Crippen molar-refractivity contribution in [2.24, 2.45) is 0 Å². The van der Waals surface area contributed by atoms with E-state index in [0.717, 1.165) is 0 Å². The fraction of sp³-hybridized carbons (Fsp3) is 0.462. The molecule has 1 heterocycles. The van der Waals surface area contributed by atoms with Crippen LogP contribution in [-0.2, 0) is 4.74 Å². The Morgan fingerprint density at radius 2 is 1.90 bits per heavy atom. The summed E-state index contributed by atoms with van der Waals surface area (Å²) in [6, 6.07) is 4.32. The van der Waals surface area contributed by atoms with Crippen molar-refractivity contribution in [1.82, 2.24) is 0 Å². The van der Waals surface area contributed by atoms with Gasteiger partial charge in [0.15, 0.2) is 0 Å². The van der Waals surface area contributed by atoms with E-state index < -0.39 is 37.1 Å². The first-order valence-electron chi connectivity index (χ1n) is 6.33. The van der Waals surface area contributed by atoms with E-state index >= 15 is 0 Å². The number of phenolic OH excluding ortho intramolecular Hbond substituents is 1. The van der Waals surface area contributed by atoms with Crippen molar-refractivity contribution in [2.45, 2.75) is 30.5 Å². The predicted octanol–water partition coefficient (Wildman–Crippen LogP) is -0.724. The van der Waals surface area contributed by atoms with Crippen molar-refractivity contribution in [2.75, 3.05) is 11.9 Å². The molecule has 0 unspecified atom stereocenters. The molecule has 0 aromatic heterocycles. The van der Waals surface area contributed by atoms with E-state index in [4.69, 9.17) is 17.0 Å². The van der Waals surface area contributed by atoms with Crippen LogP contribution in [-0.4, -0.2) is 62.0 Å². The average molecular weight is 315 g/mol. The zero-order valence-corrected chi connectivity index (χ0v) is 11.8. The molecule has 8 heteroatoms. The van der Waals surface area contributed by atoms with Gasteiger partial charge in [-0.05, 0) is 18.2 Å². The molecule has 6 N–H and O–H groups in total. The molecule has 1 saturated heterocycles. The van der Waals surface area contributed by atoms with E-state index in [9.17, 15) is 25.5 Å². The molecule has 1 aromatic rings. The van der Waals surface area contributed by atoms with E-state index in [1.165, 1.54) is 23.7 Å². The molecule has 1 aliphatic heterocycles. The molecule has 7 nitrogen and oxygen atoms in total. The Labute approximate surface area is 126 Å². The molecular formula is C13H17NO6S. The molecule has 0 radical (unpaired) electrons. The number of anilines is 1. The van der Waals surface area contributed by atoms with E-state index in [0.29, 0.717) is 11.3 Å². The van der Waals surface area contributed by atoms with Gasteiger partial charge in [0.25, 0.3) is 0 Å². The van der Waals surface area contributed by atoms with Crippen LogP contribution in [0, 0.1) is 0 Å². The molecule has 1 aliphatic rings. The second-order valence-electron chi connectivity index (χ2n) is 4.78. The number of aromatic hydroxyl groups is 1. The van der Waals surface area contributed by atoms with Crippen molar-refractivity contribution in [1.29, 1.82) is 0 Å². The van der Waals surface area contributed by atoms with Gasteiger partial charge in [0.2, 0.25) is 0 Å². The number of benzene rings is 1. The summed E-state index contributed by atoms with van der Waals surface area (Å²) < 4.78 is 5.45. The first-order chi connectivity index (χ1) is 9.99. The maximum absolute atomic E-state index is 10.1. The fourth-order valence-corrected chi connectivity index (χ4v) is 2.47. The highest BCUT2D eigenvalue weighted by Gasteiger charge is 2.44. The molecule has 21 heavy (non-hydrogen) atoms. The van der Waals surface area contributed by atoms with Gasteiger partial charge in [0, 0.05) is 11.3 Å². The number of phenols is 1. The Morgan fingerprint density at radius 3 is 2.52 bits per heavy atom. The quantitative estimate of drug-likeness (QED) is 0.318. The first-order valence-corrected chi connectivity index (χ1v) is 6.80. The first kappa shape index (κ1) is 16.1. The van der Waals surface area contributed by atoms with Crippen molar-refractivity contribution >= 4 is 23.4 Å². The molecule has 0 aliphatic carbocycles. The van der Waals surface area contributed by atoms with Crippen molar-refractivity contribution in [3.8, 4) is 5.75 Å². The van der Waals surface area contributed by atoms with Gasteiger partial charge in [0.05, 0.1) is 12.1 Å². The standard InChI is InChI=1S/C13H17NO6S/c15-4-9-10(17)11(18)12(19)13(20-9)7-3-6(16)1-2-8(7)14-5-21/h1-3,5,9-13,15-19H,4H2,(H,14,21)/t9-,10-,11+,12+,13-/m1/s1. The van der Waals surface area contributed by atoms with E-state index in [1.54, 1.807) is 0 Å². The Kier molecular flexibility index (Phi) is 5.09. The Morgan fingerprint density at radius 1 is 1.19 bits per heavy atom. The van der Waals surface area contributed by atoms with Gasteiger partial charge in [-0.15, -0.1) is 0 Å². The summed E-state index contributed by atoms with van der Waals surface area (Å²) in [6.07, 6.45) is -6.39. The number of ether oxygens (including phenoxy) is 1. The van der Waals surface area contributed by atoms with E-state index in [1.807, 2.05) is 0 Å². The van der Waals surface area contributed by atoms with Crippen LogP contribution in [0.2, 0.25) is 0 Å². The van der Waals surface area contributed by atoms with Gasteiger partial charge in [-0.3, -0.25) is 0 Å². The fourth-order valence-electron chi connectivity index (χ4n) is 2.34. The molecule has 2 rings (SSSR count). The third-order valence-electron chi connectivity index (χ3n) is 3.45. The monoisotopic (exact) mass is 315 g/mol. The molecule has 116 valence electrons. The zero-order chi connectivity index (χ0) is 15.6. The molecule has 5 atom stereocenters. The van der Waals surface area contributed by atoms with Crippen molar-refractivity contribution < 1.29 is 30.3 Å². The van der Waals surface area contributed by atoms with Crippen LogP contribution in [0.3, 0.4) is 0 Å². The third kappa shape index (κ3) is 3.15. The summed E-state index contributed by atoms with van der Waals surface area (Å²) in [5.41, 5.74) is 2.08. The number of aliphatic hydroxyl groups excluding tert-OH is 4. The highest BCUT2D eigenvalue weighted by Crippen LogP contribution is 2.37. The van der Waals surface area contributed by atoms with Crippen LogP contribution in [0.1, 0.15) is 11.7 Å². The summed E-state index contributed by atoms with van der Waals surface area (Å²) in [5, 5.41) is 51.2. The third-order valence-corrected chi connectivity index (χ3v) is 3.57. The number of thiocarbonyl (C=S) groups is 1. The van der Waals surface area contributed by atoms with E-state index in [-0.39, 0.29) is 5.75 Å². The number of rotatable bonds is 4. The van der Waals surface area contributed by atoms with Crippen LogP contribution < -0.4 is 5.32 Å². The van der Waals surface area contributed by atoms with Gasteiger partial charge in [-0.25, -0.2) is 0 Å². The molecule has 1 aromatic carbocycles. The van der Waals surface area contributed by atoms with Gasteiger partial charge in [-0.1, -0.05) is 12.2 Å². The SMILES string of the molecule is OC[C@H]1O[C@H](c2cc(O)ccc2NC=S)[C@@H](O)[C@@H](O)[C@@H]1O. The Hall–Kier alpha value is -1.29. The minimum absolute atomic E-state index is 0.0584. The summed E-state index contributed by atoms with van der Waals surface area (Å²) >= 11 is 4.71. The lowest BCUT2D eigenvalue weighted by atomic mass is 9.90. The lowest BCUT2D eigenvalue weighted by Crippen LogP contribution is -2.55.